The molecule has 0 aliphatic carbocycles. The molecule has 1 heterocycles. The van der Waals surface area contributed by atoms with Gasteiger partial charge in [-0.15, -0.1) is 11.3 Å². The highest BCUT2D eigenvalue weighted by molar-refractivity contribution is 9.10. The fourth-order valence-electron chi connectivity index (χ4n) is 1.13. The molecule has 0 aliphatic rings. The summed E-state index contributed by atoms with van der Waals surface area (Å²) in [6.45, 7) is 10.6. The lowest BCUT2D eigenvalue weighted by Gasteiger charge is -2.38. The van der Waals surface area contributed by atoms with E-state index in [9.17, 15) is 5.11 Å². The SMILES string of the molecule is Cc1sc(CNC(C)(C)C(C)(C)O)cc1Br. The largest absolute Gasteiger partial charge is 0.389 e. The molecule has 0 aromatic carbocycles. The highest BCUT2D eigenvalue weighted by Gasteiger charge is 2.34. The minimum Gasteiger partial charge on any atom is -0.389 e. The maximum absolute atomic E-state index is 10.0. The Morgan fingerprint density at radius 2 is 1.94 bits per heavy atom. The van der Waals surface area contributed by atoms with Crippen molar-refractivity contribution in [1.29, 1.82) is 0 Å². The second-order valence-corrected chi connectivity index (χ2v) is 7.35. The summed E-state index contributed by atoms with van der Waals surface area (Å²) in [6.07, 6.45) is 0. The van der Waals surface area contributed by atoms with E-state index in [-0.39, 0.29) is 5.54 Å². The number of nitrogens with one attached hydrogen (secondary N) is 1. The molecule has 0 saturated carbocycles. The Kier molecular flexibility index (Phi) is 4.22. The van der Waals surface area contributed by atoms with Crippen LogP contribution in [0, 0.1) is 6.92 Å². The van der Waals surface area contributed by atoms with Crippen LogP contribution in [-0.4, -0.2) is 16.2 Å². The zero-order chi connectivity index (χ0) is 12.6. The van der Waals surface area contributed by atoms with Crippen LogP contribution in [0.3, 0.4) is 0 Å². The van der Waals surface area contributed by atoms with Gasteiger partial charge in [0.25, 0.3) is 0 Å². The fraction of sp³-hybridized carbons (Fsp3) is 0.667. The zero-order valence-corrected chi connectivity index (χ0v) is 12.9. The Labute approximate surface area is 110 Å². The Balaban J connectivity index is 2.65. The van der Waals surface area contributed by atoms with E-state index in [1.165, 1.54) is 9.75 Å². The minimum atomic E-state index is -0.740. The quantitative estimate of drug-likeness (QED) is 0.893. The van der Waals surface area contributed by atoms with Gasteiger partial charge in [-0.2, -0.15) is 0 Å². The standard InChI is InChI=1S/C12H20BrNOS/c1-8-10(13)6-9(16-8)7-14-11(2,3)12(4,5)15/h6,14-15H,7H2,1-5H3. The van der Waals surface area contributed by atoms with Crippen molar-refractivity contribution in [2.45, 2.75) is 52.3 Å². The van der Waals surface area contributed by atoms with Crippen LogP contribution >= 0.6 is 27.3 Å². The smallest absolute Gasteiger partial charge is 0.0767 e. The average molecular weight is 306 g/mol. The number of hydrogen-bond donors (Lipinski definition) is 2. The van der Waals surface area contributed by atoms with Crippen LogP contribution in [0.5, 0.6) is 0 Å². The second kappa shape index (κ2) is 4.77. The van der Waals surface area contributed by atoms with Crippen LogP contribution < -0.4 is 5.32 Å². The van der Waals surface area contributed by atoms with Gasteiger partial charge in [0, 0.05) is 26.3 Å². The van der Waals surface area contributed by atoms with Crippen molar-refractivity contribution >= 4 is 27.3 Å². The third kappa shape index (κ3) is 3.29. The maximum Gasteiger partial charge on any atom is 0.0767 e. The van der Waals surface area contributed by atoms with E-state index in [1.54, 1.807) is 11.3 Å². The fourth-order valence-corrected chi connectivity index (χ4v) is 2.67. The molecule has 0 radical (unpaired) electrons. The van der Waals surface area contributed by atoms with Crippen molar-refractivity contribution in [3.8, 4) is 0 Å². The predicted octanol–water partition coefficient (Wildman–Crippen LogP) is 3.46. The molecule has 0 fully saturated rings. The highest BCUT2D eigenvalue weighted by atomic mass is 79.9. The summed E-state index contributed by atoms with van der Waals surface area (Å²) in [5.41, 5.74) is -1.05. The molecule has 2 N–H and O–H groups in total. The summed E-state index contributed by atoms with van der Waals surface area (Å²) in [7, 11) is 0. The van der Waals surface area contributed by atoms with Gasteiger partial charge < -0.3 is 10.4 Å². The number of aliphatic hydroxyl groups is 1. The molecule has 4 heteroatoms. The van der Waals surface area contributed by atoms with Gasteiger partial charge in [0.05, 0.1) is 5.60 Å². The Morgan fingerprint density at radius 3 is 2.31 bits per heavy atom. The number of aryl methyl sites for hydroxylation is 1. The van der Waals surface area contributed by atoms with Gasteiger partial charge in [0.1, 0.15) is 0 Å². The van der Waals surface area contributed by atoms with Crippen LogP contribution in [0.2, 0.25) is 0 Å². The number of hydrogen-bond acceptors (Lipinski definition) is 3. The van der Waals surface area contributed by atoms with E-state index in [0.29, 0.717) is 0 Å². The van der Waals surface area contributed by atoms with Crippen LogP contribution in [0.1, 0.15) is 37.4 Å². The monoisotopic (exact) mass is 305 g/mol. The average Bonchev–Trinajstić information content (AvgIpc) is 2.41. The first kappa shape index (κ1) is 14.2. The topological polar surface area (TPSA) is 32.3 Å². The number of halogens is 1. The minimum absolute atomic E-state index is 0.308. The van der Waals surface area contributed by atoms with Crippen molar-refractivity contribution < 1.29 is 5.11 Å². The summed E-state index contributed by atoms with van der Waals surface area (Å²) in [5, 5.41) is 13.4. The van der Waals surface area contributed by atoms with E-state index < -0.39 is 5.60 Å². The van der Waals surface area contributed by atoms with E-state index in [1.807, 2.05) is 27.7 Å². The predicted molar refractivity (Wildman–Crippen MR) is 74.0 cm³/mol. The Morgan fingerprint density at radius 1 is 1.38 bits per heavy atom. The second-order valence-electron chi connectivity index (χ2n) is 5.15. The third-order valence-corrected chi connectivity index (χ3v) is 5.28. The summed E-state index contributed by atoms with van der Waals surface area (Å²) in [6, 6.07) is 2.13. The van der Waals surface area contributed by atoms with E-state index in [4.69, 9.17) is 0 Å². The van der Waals surface area contributed by atoms with Gasteiger partial charge in [-0.1, -0.05) is 0 Å². The molecule has 1 aromatic rings. The summed E-state index contributed by atoms with van der Waals surface area (Å²) in [5.74, 6) is 0. The molecule has 0 spiro atoms. The van der Waals surface area contributed by atoms with Crippen molar-refractivity contribution in [2.75, 3.05) is 0 Å². The van der Waals surface area contributed by atoms with E-state index >= 15 is 0 Å². The van der Waals surface area contributed by atoms with Gasteiger partial charge in [-0.05, 0) is 56.6 Å². The summed E-state index contributed by atoms with van der Waals surface area (Å²) in [4.78, 5) is 2.57. The molecule has 0 unspecified atom stereocenters. The number of rotatable bonds is 4. The van der Waals surface area contributed by atoms with Crippen molar-refractivity contribution in [3.05, 3.63) is 20.3 Å². The molecule has 0 bridgehead atoms. The molecule has 0 amide bonds. The first-order valence-corrected chi connectivity index (χ1v) is 6.96. The molecule has 0 atom stereocenters. The van der Waals surface area contributed by atoms with Crippen molar-refractivity contribution in [1.82, 2.24) is 5.32 Å². The zero-order valence-electron chi connectivity index (χ0n) is 10.5. The molecule has 16 heavy (non-hydrogen) atoms. The van der Waals surface area contributed by atoms with Gasteiger partial charge in [0.2, 0.25) is 0 Å². The molecule has 92 valence electrons. The van der Waals surface area contributed by atoms with Gasteiger partial charge >= 0.3 is 0 Å². The normalized spacial score (nSPS) is 13.2. The molecular weight excluding hydrogens is 286 g/mol. The van der Waals surface area contributed by atoms with Crippen LogP contribution in [-0.2, 0) is 6.54 Å². The molecule has 1 aromatic heterocycles. The van der Waals surface area contributed by atoms with Crippen LogP contribution in [0.15, 0.2) is 10.5 Å². The number of thiophene rings is 1. The third-order valence-electron chi connectivity index (χ3n) is 3.14. The van der Waals surface area contributed by atoms with Crippen LogP contribution in [0.4, 0.5) is 0 Å². The highest BCUT2D eigenvalue weighted by Crippen LogP contribution is 2.27. The molecule has 2 nitrogen and oxygen atoms in total. The molecule has 0 saturated heterocycles. The molecule has 0 aliphatic heterocycles. The first-order chi connectivity index (χ1) is 7.13. The maximum atomic E-state index is 10.0. The Bertz CT molecular complexity index is 346. The molecule has 1 rings (SSSR count). The van der Waals surface area contributed by atoms with E-state index in [2.05, 4.69) is 34.2 Å². The van der Waals surface area contributed by atoms with Gasteiger partial charge in [-0.25, -0.2) is 0 Å². The van der Waals surface area contributed by atoms with Crippen molar-refractivity contribution in [3.63, 3.8) is 0 Å². The van der Waals surface area contributed by atoms with Crippen LogP contribution in [0.25, 0.3) is 0 Å². The molecular formula is C12H20BrNOS. The first-order valence-electron chi connectivity index (χ1n) is 5.36. The Hall–Kier alpha value is 0.100. The van der Waals surface area contributed by atoms with Gasteiger partial charge in [0.15, 0.2) is 0 Å². The summed E-state index contributed by atoms with van der Waals surface area (Å²) >= 11 is 5.28. The van der Waals surface area contributed by atoms with Gasteiger partial charge in [-0.3, -0.25) is 0 Å². The van der Waals surface area contributed by atoms with E-state index in [0.717, 1.165) is 11.0 Å². The lowest BCUT2D eigenvalue weighted by Crippen LogP contribution is -2.55. The lowest BCUT2D eigenvalue weighted by molar-refractivity contribution is -0.00520. The van der Waals surface area contributed by atoms with Crippen molar-refractivity contribution in [2.24, 2.45) is 0 Å². The lowest BCUT2D eigenvalue weighted by atomic mass is 9.86. The summed E-state index contributed by atoms with van der Waals surface area (Å²) < 4.78 is 1.16.